The zero-order chi connectivity index (χ0) is 8.55. The van der Waals surface area contributed by atoms with Crippen LogP contribution in [0.25, 0.3) is 10.2 Å². The van der Waals surface area contributed by atoms with E-state index in [1.165, 1.54) is 23.5 Å². The van der Waals surface area contributed by atoms with Crippen LogP contribution in [0, 0.1) is 10.1 Å². The van der Waals surface area contributed by atoms with Crippen LogP contribution in [0.3, 0.4) is 0 Å². The fraction of sp³-hybridized carbons (Fsp3) is 0. The molecule has 0 spiro atoms. The first-order chi connectivity index (χ1) is 5.77. The first-order valence-electron chi connectivity index (χ1n) is 3.25. The van der Waals surface area contributed by atoms with Gasteiger partial charge in [0, 0.05) is 25.6 Å². The molecule has 0 aliphatic rings. The molecule has 0 N–H and O–H groups in total. The van der Waals surface area contributed by atoms with E-state index in [9.17, 15) is 10.1 Å². The maximum Gasteiger partial charge on any atom is 0.271 e. The maximum absolute atomic E-state index is 10.3. The molecule has 0 amide bonds. The van der Waals surface area contributed by atoms with Gasteiger partial charge in [-0.25, -0.2) is 4.98 Å². The van der Waals surface area contributed by atoms with Gasteiger partial charge in [0.25, 0.3) is 5.69 Å². The van der Waals surface area contributed by atoms with Crippen molar-refractivity contribution in [3.8, 4) is 0 Å². The van der Waals surface area contributed by atoms with Gasteiger partial charge in [-0.05, 0) is 6.07 Å². The number of thiazole rings is 1. The summed E-state index contributed by atoms with van der Waals surface area (Å²) in [6.45, 7) is 0. The summed E-state index contributed by atoms with van der Waals surface area (Å²) in [4.78, 5) is 13.9. The van der Waals surface area contributed by atoms with Crippen LogP contribution in [-0.2, 0) is 0 Å². The summed E-state index contributed by atoms with van der Waals surface area (Å²) in [5, 5.41) is 10.3. The summed E-state index contributed by atoms with van der Waals surface area (Å²) in [6.07, 6.45) is 0. The van der Waals surface area contributed by atoms with Crippen LogP contribution in [0.4, 0.5) is 5.69 Å². The third-order valence-electron chi connectivity index (χ3n) is 1.52. The van der Waals surface area contributed by atoms with E-state index in [0.29, 0.717) is 5.52 Å². The molecule has 1 heterocycles. The van der Waals surface area contributed by atoms with Crippen molar-refractivity contribution in [1.29, 1.82) is 0 Å². The number of hydrogen-bond donors (Lipinski definition) is 0. The van der Waals surface area contributed by atoms with Crippen molar-refractivity contribution >= 4 is 40.7 Å². The van der Waals surface area contributed by atoms with Crippen molar-refractivity contribution in [2.24, 2.45) is 0 Å². The van der Waals surface area contributed by atoms with Crippen molar-refractivity contribution < 1.29 is 4.92 Å². The predicted molar refractivity (Wildman–Crippen MR) is 53.9 cm³/mol. The lowest BCUT2D eigenvalue weighted by molar-refractivity contribution is -0.384. The Morgan fingerprint density at radius 2 is 2.23 bits per heavy atom. The molecule has 0 fully saturated rings. The molecule has 0 saturated heterocycles. The molecule has 0 aliphatic heterocycles. The third-order valence-corrected chi connectivity index (χ3v) is 2.33. The highest BCUT2D eigenvalue weighted by Crippen LogP contribution is 2.22. The van der Waals surface area contributed by atoms with Gasteiger partial charge in [-0.15, -0.1) is 11.3 Å². The minimum atomic E-state index is -0.418. The van der Waals surface area contributed by atoms with Gasteiger partial charge in [0.1, 0.15) is 0 Å². The molecular formula is C7H4N2O2S2. The number of nitro groups is 1. The van der Waals surface area contributed by atoms with Crippen molar-refractivity contribution in [1.82, 2.24) is 4.98 Å². The number of aromatic nitrogens is 1. The van der Waals surface area contributed by atoms with Gasteiger partial charge in [0.2, 0.25) is 0 Å². The van der Waals surface area contributed by atoms with E-state index in [1.807, 2.05) is 0 Å². The number of non-ortho nitro benzene ring substituents is 1. The molecule has 0 saturated carbocycles. The number of hydrogen-bond acceptors (Lipinski definition) is 4. The Hall–Kier alpha value is -1.14. The van der Waals surface area contributed by atoms with Crippen molar-refractivity contribution in [3.05, 3.63) is 33.8 Å². The average molecular weight is 212 g/mol. The summed E-state index contributed by atoms with van der Waals surface area (Å²) >= 11 is 1.47. The van der Waals surface area contributed by atoms with Gasteiger partial charge >= 0.3 is 0 Å². The highest BCUT2D eigenvalue weighted by Gasteiger charge is 2.06. The summed E-state index contributed by atoms with van der Waals surface area (Å²) < 4.78 is 0.973. The van der Waals surface area contributed by atoms with E-state index < -0.39 is 4.92 Å². The number of fused-ring (bicyclic) bond motifs is 1. The van der Waals surface area contributed by atoms with Gasteiger partial charge in [0.05, 0.1) is 20.7 Å². The van der Waals surface area contributed by atoms with Crippen molar-refractivity contribution in [3.63, 3.8) is 0 Å². The van der Waals surface area contributed by atoms with Crippen molar-refractivity contribution in [2.75, 3.05) is 0 Å². The smallest absolute Gasteiger partial charge is 0.258 e. The molecule has 0 bridgehead atoms. The van der Waals surface area contributed by atoms with Crippen LogP contribution in [0.5, 0.6) is 0 Å². The summed E-state index contributed by atoms with van der Waals surface area (Å²) in [6, 6.07) is 4.68. The third kappa shape index (κ3) is 1.78. The number of nitrogens with zero attached hydrogens (tertiary/aromatic N) is 2. The molecule has 2 rings (SSSR count). The second kappa shape index (κ2) is 3.71. The Bertz CT molecular complexity index is 441. The van der Waals surface area contributed by atoms with E-state index in [1.54, 1.807) is 11.6 Å². The molecule has 0 atom stereocenters. The van der Waals surface area contributed by atoms with E-state index in [0.717, 1.165) is 4.70 Å². The number of rotatable bonds is 1. The molecule has 1 aromatic carbocycles. The largest absolute Gasteiger partial charge is 0.271 e. The molecule has 4 nitrogen and oxygen atoms in total. The van der Waals surface area contributed by atoms with E-state index in [4.69, 9.17) is 0 Å². The number of nitro benzene ring substituents is 1. The summed E-state index contributed by atoms with van der Waals surface area (Å²) in [5.41, 5.74) is 2.46. The summed E-state index contributed by atoms with van der Waals surface area (Å²) in [7, 11) is 0. The van der Waals surface area contributed by atoms with Crippen LogP contribution < -0.4 is 0 Å². The molecule has 6 heteroatoms. The second-order valence-corrected chi connectivity index (χ2v) is 3.15. The first kappa shape index (κ1) is 9.94. The van der Waals surface area contributed by atoms with E-state index in [2.05, 4.69) is 4.98 Å². The van der Waals surface area contributed by atoms with Crippen LogP contribution >= 0.6 is 24.8 Å². The summed E-state index contributed by atoms with van der Waals surface area (Å²) in [5.74, 6) is 0. The van der Waals surface area contributed by atoms with E-state index in [-0.39, 0.29) is 19.2 Å². The Balaban J connectivity index is 0.000000845. The Kier molecular flexibility index (Phi) is 2.84. The standard InChI is InChI=1S/C7H4N2O2S.S/c10-9(11)5-1-2-7-6(3-5)8-4-12-7;/h1-4H;. The fourth-order valence-electron chi connectivity index (χ4n) is 0.960. The molecule has 2 aromatic rings. The average Bonchev–Trinajstić information content (AvgIpc) is 2.49. The topological polar surface area (TPSA) is 56.0 Å². The lowest BCUT2D eigenvalue weighted by Crippen LogP contribution is -1.86. The normalized spacial score (nSPS) is 9.54. The highest BCUT2D eigenvalue weighted by atomic mass is 32.1. The maximum atomic E-state index is 10.3. The fourth-order valence-corrected chi connectivity index (χ4v) is 1.62. The highest BCUT2D eigenvalue weighted by molar-refractivity contribution is 7.59. The molecule has 0 aliphatic carbocycles. The minimum Gasteiger partial charge on any atom is -0.258 e. The second-order valence-electron chi connectivity index (χ2n) is 2.26. The van der Waals surface area contributed by atoms with Crippen LogP contribution in [-0.4, -0.2) is 9.91 Å². The first-order valence-corrected chi connectivity index (χ1v) is 4.13. The Morgan fingerprint density at radius 3 is 2.92 bits per heavy atom. The molecule has 0 unspecified atom stereocenters. The molecule has 2 radical (unpaired) electrons. The molecule has 66 valence electrons. The SMILES string of the molecule is O=[N+]([O-])c1ccc2scnc2c1.[S]. The predicted octanol–water partition coefficient (Wildman–Crippen LogP) is 2.85. The van der Waals surface area contributed by atoms with Gasteiger partial charge in [-0.1, -0.05) is 0 Å². The zero-order valence-electron chi connectivity index (χ0n) is 6.34. The monoisotopic (exact) mass is 212 g/mol. The molecular weight excluding hydrogens is 208 g/mol. The lowest BCUT2D eigenvalue weighted by Gasteiger charge is -1.89. The van der Waals surface area contributed by atoms with Gasteiger partial charge in [0.15, 0.2) is 0 Å². The quantitative estimate of drug-likeness (QED) is 0.539. The van der Waals surface area contributed by atoms with Gasteiger partial charge in [-0.3, -0.25) is 10.1 Å². The zero-order valence-corrected chi connectivity index (χ0v) is 7.97. The van der Waals surface area contributed by atoms with Crippen LogP contribution in [0.15, 0.2) is 23.7 Å². The molecule has 1 aromatic heterocycles. The van der Waals surface area contributed by atoms with Crippen LogP contribution in [0.1, 0.15) is 0 Å². The Morgan fingerprint density at radius 1 is 1.46 bits per heavy atom. The van der Waals surface area contributed by atoms with Gasteiger partial charge in [-0.2, -0.15) is 0 Å². The number of benzene rings is 1. The lowest BCUT2D eigenvalue weighted by atomic mass is 10.3. The van der Waals surface area contributed by atoms with Gasteiger partial charge < -0.3 is 0 Å². The molecule has 13 heavy (non-hydrogen) atoms. The Labute approximate surface area is 84.8 Å². The minimum absolute atomic E-state index is 0. The van der Waals surface area contributed by atoms with Crippen molar-refractivity contribution in [2.45, 2.75) is 0 Å². The van der Waals surface area contributed by atoms with Crippen LogP contribution in [0.2, 0.25) is 0 Å². The van der Waals surface area contributed by atoms with E-state index >= 15 is 0 Å².